The number of thiophene rings is 1. The summed E-state index contributed by atoms with van der Waals surface area (Å²) < 4.78 is 2.81. The third kappa shape index (κ3) is 3.45. The molecule has 2 aliphatic rings. The number of fused-ring (bicyclic) bond motifs is 10. The molecule has 0 saturated carbocycles. The van der Waals surface area contributed by atoms with E-state index >= 15 is 0 Å². The van der Waals surface area contributed by atoms with E-state index in [4.69, 9.17) is 0 Å². The van der Waals surface area contributed by atoms with Gasteiger partial charge in [0.25, 0.3) is 0 Å². The quantitative estimate of drug-likeness (QED) is 0.183. The minimum absolute atomic E-state index is 0.0472. The van der Waals surface area contributed by atoms with Gasteiger partial charge in [0.05, 0.1) is 0 Å². The van der Waals surface area contributed by atoms with E-state index in [1.807, 2.05) is 11.3 Å². The molecule has 7 aromatic rings. The average Bonchev–Trinajstić information content (AvgIpc) is 3.62. The summed E-state index contributed by atoms with van der Waals surface area (Å²) in [4.78, 5) is 2.46. The smallest absolute Gasteiger partial charge is 0.114 e. The largest absolute Gasteiger partial charge is 0.310 e. The van der Waals surface area contributed by atoms with Gasteiger partial charge in [-0.05, 0) is 86.2 Å². The van der Waals surface area contributed by atoms with Crippen LogP contribution in [0, 0.1) is 0 Å². The van der Waals surface area contributed by atoms with Crippen LogP contribution in [-0.4, -0.2) is 8.07 Å². The van der Waals surface area contributed by atoms with Gasteiger partial charge in [0.15, 0.2) is 0 Å². The van der Waals surface area contributed by atoms with E-state index in [9.17, 15) is 0 Å². The Kier molecular flexibility index (Phi) is 5.34. The van der Waals surface area contributed by atoms with Gasteiger partial charge in [-0.1, -0.05) is 112 Å². The lowest BCUT2D eigenvalue weighted by Gasteiger charge is -2.29. The number of hydrogen-bond donors (Lipinski definition) is 0. The fourth-order valence-corrected chi connectivity index (χ4v) is 12.4. The molecule has 2 heterocycles. The first kappa shape index (κ1) is 26.0. The van der Waals surface area contributed by atoms with Gasteiger partial charge in [0.2, 0.25) is 0 Å². The van der Waals surface area contributed by atoms with Gasteiger partial charge < -0.3 is 4.90 Å². The summed E-state index contributed by atoms with van der Waals surface area (Å²) in [5.74, 6) is 0. The Labute approximate surface area is 264 Å². The number of benzene rings is 6. The van der Waals surface area contributed by atoms with Gasteiger partial charge in [0.1, 0.15) is 8.07 Å². The fraction of sp³-hybridized carbons (Fsp3) is 0.122. The second-order valence-corrected chi connectivity index (χ2v) is 18.8. The SMILES string of the molecule is CC1(C)c2ccccc2-c2ccc(N(c3ccccc3)c3ccc4c(c3)[Si](C)(C)c3ccc5c(sc6ccccc65)c3-4)cc21. The molecule has 9 rings (SSSR count). The van der Waals surface area contributed by atoms with Crippen molar-refractivity contribution in [2.24, 2.45) is 0 Å². The minimum Gasteiger partial charge on any atom is -0.310 e. The Morgan fingerprint density at radius 2 is 1.23 bits per heavy atom. The molecule has 0 atom stereocenters. The van der Waals surface area contributed by atoms with Crippen LogP contribution in [0.5, 0.6) is 0 Å². The van der Waals surface area contributed by atoms with Crippen molar-refractivity contribution in [2.45, 2.75) is 32.4 Å². The molecule has 0 fully saturated rings. The molecule has 3 heteroatoms. The molecule has 212 valence electrons. The highest BCUT2D eigenvalue weighted by Crippen LogP contribution is 2.51. The first-order chi connectivity index (χ1) is 21.3. The van der Waals surface area contributed by atoms with Gasteiger partial charge >= 0.3 is 0 Å². The Balaban J connectivity index is 1.24. The first-order valence-corrected chi connectivity index (χ1v) is 19.3. The molecule has 0 N–H and O–H groups in total. The first-order valence-electron chi connectivity index (χ1n) is 15.5. The number of anilines is 3. The average molecular weight is 600 g/mol. The van der Waals surface area contributed by atoms with Crippen LogP contribution in [0.3, 0.4) is 0 Å². The van der Waals surface area contributed by atoms with E-state index in [0.717, 1.165) is 0 Å². The topological polar surface area (TPSA) is 3.24 Å². The Morgan fingerprint density at radius 1 is 0.545 bits per heavy atom. The third-order valence-corrected chi connectivity index (χ3v) is 15.0. The second-order valence-electron chi connectivity index (χ2n) is 13.4. The summed E-state index contributed by atoms with van der Waals surface area (Å²) in [7, 11) is -1.93. The van der Waals surface area contributed by atoms with Gasteiger partial charge in [-0.15, -0.1) is 11.3 Å². The van der Waals surface area contributed by atoms with Crippen molar-refractivity contribution in [1.29, 1.82) is 0 Å². The van der Waals surface area contributed by atoms with Gasteiger partial charge in [-0.25, -0.2) is 0 Å². The van der Waals surface area contributed by atoms with E-state index in [1.54, 1.807) is 5.19 Å². The molecular formula is C41H33NSSi. The lowest BCUT2D eigenvalue weighted by molar-refractivity contribution is 0.660. The van der Waals surface area contributed by atoms with Crippen LogP contribution in [0.1, 0.15) is 25.0 Å². The molecule has 0 spiro atoms. The van der Waals surface area contributed by atoms with Crippen LogP contribution in [0.15, 0.2) is 127 Å². The minimum atomic E-state index is -1.93. The second kappa shape index (κ2) is 9.04. The van der Waals surface area contributed by atoms with Gasteiger partial charge in [-0.2, -0.15) is 0 Å². The molecular weight excluding hydrogens is 567 g/mol. The van der Waals surface area contributed by atoms with Crippen molar-refractivity contribution in [3.63, 3.8) is 0 Å². The van der Waals surface area contributed by atoms with Crippen molar-refractivity contribution < 1.29 is 0 Å². The molecule has 0 amide bonds. The lowest BCUT2D eigenvalue weighted by Crippen LogP contribution is -2.49. The zero-order valence-corrected chi connectivity index (χ0v) is 27.3. The Morgan fingerprint density at radius 3 is 2.07 bits per heavy atom. The Hall–Kier alpha value is -4.44. The normalized spacial score (nSPS) is 15.2. The number of nitrogens with zero attached hydrogens (tertiary/aromatic N) is 1. The van der Waals surface area contributed by atoms with Crippen molar-refractivity contribution in [1.82, 2.24) is 0 Å². The molecule has 0 bridgehead atoms. The molecule has 0 saturated heterocycles. The summed E-state index contributed by atoms with van der Waals surface area (Å²) in [6.45, 7) is 9.79. The molecule has 6 aromatic carbocycles. The zero-order valence-electron chi connectivity index (χ0n) is 25.5. The van der Waals surface area contributed by atoms with Gasteiger partial charge in [-0.3, -0.25) is 0 Å². The fourth-order valence-electron chi connectivity index (χ4n) is 7.98. The van der Waals surface area contributed by atoms with Crippen LogP contribution in [0.2, 0.25) is 13.1 Å². The van der Waals surface area contributed by atoms with Crippen molar-refractivity contribution in [3.05, 3.63) is 139 Å². The molecule has 1 nitrogen and oxygen atoms in total. The predicted octanol–water partition coefficient (Wildman–Crippen LogP) is 10.6. The van der Waals surface area contributed by atoms with Crippen LogP contribution in [0.25, 0.3) is 42.4 Å². The summed E-state index contributed by atoms with van der Waals surface area (Å²) in [5, 5.41) is 5.85. The number of hydrogen-bond acceptors (Lipinski definition) is 2. The van der Waals surface area contributed by atoms with E-state index in [2.05, 4.69) is 159 Å². The highest BCUT2D eigenvalue weighted by atomic mass is 32.1. The van der Waals surface area contributed by atoms with Crippen molar-refractivity contribution in [2.75, 3.05) is 4.90 Å². The monoisotopic (exact) mass is 599 g/mol. The standard InChI is InChI=1S/C41H33NSSi/c1-41(2)34-16-10-8-14-29(34)30-20-18-27(24-35(30)41)42(26-12-6-5-7-13-26)28-19-21-33-38(25-28)44(3,4)37-23-22-32-31-15-9-11-17-36(31)43-40(32)39(33)37/h5-25H,1-4H3. The predicted molar refractivity (Wildman–Crippen MR) is 194 cm³/mol. The van der Waals surface area contributed by atoms with E-state index in [-0.39, 0.29) is 5.41 Å². The van der Waals surface area contributed by atoms with Crippen LogP contribution < -0.4 is 15.3 Å². The van der Waals surface area contributed by atoms with E-state index in [0.29, 0.717) is 0 Å². The molecule has 44 heavy (non-hydrogen) atoms. The number of rotatable bonds is 3. The molecule has 0 radical (unpaired) electrons. The summed E-state index contributed by atoms with van der Waals surface area (Å²) in [5.41, 5.74) is 12.0. The van der Waals surface area contributed by atoms with Crippen molar-refractivity contribution >= 4 is 67.0 Å². The number of para-hydroxylation sites is 1. The van der Waals surface area contributed by atoms with Crippen molar-refractivity contribution in [3.8, 4) is 22.3 Å². The summed E-state index contributed by atoms with van der Waals surface area (Å²) in [6, 6.07) is 47.8. The molecule has 1 aromatic heterocycles. The van der Waals surface area contributed by atoms with Crippen LogP contribution >= 0.6 is 11.3 Å². The summed E-state index contributed by atoms with van der Waals surface area (Å²) in [6.07, 6.45) is 0. The molecule has 0 unspecified atom stereocenters. The third-order valence-electron chi connectivity index (χ3n) is 10.3. The zero-order chi connectivity index (χ0) is 29.8. The molecule has 1 aliphatic carbocycles. The Bertz CT molecular complexity index is 2290. The van der Waals surface area contributed by atoms with E-state index < -0.39 is 8.07 Å². The summed E-state index contributed by atoms with van der Waals surface area (Å²) >= 11 is 1.95. The highest BCUT2D eigenvalue weighted by molar-refractivity contribution is 7.26. The highest BCUT2D eigenvalue weighted by Gasteiger charge is 2.40. The van der Waals surface area contributed by atoms with Gasteiger partial charge in [0, 0.05) is 42.6 Å². The van der Waals surface area contributed by atoms with Crippen LogP contribution in [0.4, 0.5) is 17.1 Å². The lowest BCUT2D eigenvalue weighted by atomic mass is 9.82. The maximum atomic E-state index is 2.53. The maximum Gasteiger partial charge on any atom is 0.114 e. The maximum absolute atomic E-state index is 2.53. The van der Waals surface area contributed by atoms with E-state index in [1.165, 1.54) is 75.8 Å². The van der Waals surface area contributed by atoms with Crippen LogP contribution in [-0.2, 0) is 5.41 Å². The molecule has 1 aliphatic heterocycles.